The zero-order valence-corrected chi connectivity index (χ0v) is 18.1. The average molecular weight is 447 g/mol. The number of hydrogen-bond acceptors (Lipinski definition) is 8. The molecule has 4 rings (SSSR count). The summed E-state index contributed by atoms with van der Waals surface area (Å²) >= 11 is 6.57. The van der Waals surface area contributed by atoms with E-state index in [0.29, 0.717) is 33.8 Å². The summed E-state index contributed by atoms with van der Waals surface area (Å²) in [6, 6.07) is 3.64. The molecule has 0 bridgehead atoms. The molecule has 2 aromatic heterocycles. The van der Waals surface area contributed by atoms with E-state index in [1.54, 1.807) is 23.2 Å². The highest BCUT2D eigenvalue weighted by Gasteiger charge is 2.35. The minimum absolute atomic E-state index is 0.00966. The van der Waals surface area contributed by atoms with E-state index in [-0.39, 0.29) is 36.3 Å². The number of aryl methyl sites for hydroxylation is 1. The first kappa shape index (κ1) is 21.0. The van der Waals surface area contributed by atoms with Crippen molar-refractivity contribution in [1.29, 1.82) is 0 Å². The van der Waals surface area contributed by atoms with E-state index < -0.39 is 0 Å². The van der Waals surface area contributed by atoms with Gasteiger partial charge in [-0.3, -0.25) is 18.9 Å². The van der Waals surface area contributed by atoms with Crippen LogP contribution < -0.4 is 10.9 Å². The maximum Gasteiger partial charge on any atom is 0.267 e. The second-order valence-corrected chi connectivity index (χ2v) is 8.82. The molecule has 2 aliphatic heterocycles. The summed E-state index contributed by atoms with van der Waals surface area (Å²) in [5.41, 5.74) is 1.32. The number of aliphatic hydroxyl groups excluding tert-OH is 1. The van der Waals surface area contributed by atoms with Crippen molar-refractivity contribution >= 4 is 51.7 Å². The predicted octanol–water partition coefficient (Wildman–Crippen LogP) is 1.79. The fourth-order valence-corrected chi connectivity index (χ4v) is 4.79. The first-order valence-electron chi connectivity index (χ1n) is 9.73. The number of ether oxygens (including phenoxy) is 1. The molecule has 4 heterocycles. The molecule has 0 aromatic carbocycles. The van der Waals surface area contributed by atoms with Crippen LogP contribution in [-0.4, -0.2) is 62.0 Å². The highest BCUT2D eigenvalue weighted by atomic mass is 32.2. The van der Waals surface area contributed by atoms with Crippen LogP contribution in [0.5, 0.6) is 0 Å². The molecule has 2 aliphatic rings. The van der Waals surface area contributed by atoms with Crippen LogP contribution in [0.3, 0.4) is 0 Å². The second-order valence-electron chi connectivity index (χ2n) is 7.14. The van der Waals surface area contributed by atoms with Crippen LogP contribution in [0.4, 0.5) is 5.82 Å². The van der Waals surface area contributed by atoms with E-state index >= 15 is 0 Å². The number of thiocarbonyl (C=S) groups is 1. The van der Waals surface area contributed by atoms with Gasteiger partial charge in [-0.05, 0) is 37.5 Å². The molecule has 158 valence electrons. The lowest BCUT2D eigenvalue weighted by Crippen LogP contribution is -2.35. The lowest BCUT2D eigenvalue weighted by Gasteiger charge is -2.18. The van der Waals surface area contributed by atoms with E-state index in [0.717, 1.165) is 18.4 Å². The summed E-state index contributed by atoms with van der Waals surface area (Å²) < 4.78 is 7.54. The number of pyridine rings is 1. The maximum absolute atomic E-state index is 13.2. The zero-order chi connectivity index (χ0) is 21.3. The summed E-state index contributed by atoms with van der Waals surface area (Å²) in [6.07, 6.45) is 5.06. The van der Waals surface area contributed by atoms with Crippen molar-refractivity contribution < 1.29 is 14.6 Å². The van der Waals surface area contributed by atoms with Gasteiger partial charge < -0.3 is 15.2 Å². The number of aliphatic hydroxyl groups is 1. The number of fused-ring (bicyclic) bond motifs is 1. The molecular formula is C20H22N4O4S2. The molecule has 1 amide bonds. The van der Waals surface area contributed by atoms with Gasteiger partial charge in [0.05, 0.1) is 29.7 Å². The molecule has 8 nitrogen and oxygen atoms in total. The molecule has 2 aromatic rings. The van der Waals surface area contributed by atoms with Crippen molar-refractivity contribution in [2.24, 2.45) is 0 Å². The summed E-state index contributed by atoms with van der Waals surface area (Å²) in [7, 11) is 0. The van der Waals surface area contributed by atoms with Gasteiger partial charge >= 0.3 is 0 Å². The zero-order valence-electron chi connectivity index (χ0n) is 16.5. The van der Waals surface area contributed by atoms with Crippen LogP contribution in [0.15, 0.2) is 28.0 Å². The van der Waals surface area contributed by atoms with Crippen molar-refractivity contribution in [2.45, 2.75) is 25.9 Å². The number of aromatic nitrogens is 2. The number of carbonyl (C=O) groups is 1. The molecule has 2 fully saturated rings. The molecule has 2 saturated heterocycles. The van der Waals surface area contributed by atoms with Crippen molar-refractivity contribution in [3.63, 3.8) is 0 Å². The molecule has 0 unspecified atom stereocenters. The quantitative estimate of drug-likeness (QED) is 0.512. The Bertz CT molecular complexity index is 1090. The van der Waals surface area contributed by atoms with Gasteiger partial charge in [-0.25, -0.2) is 4.98 Å². The Kier molecular flexibility index (Phi) is 6.19. The van der Waals surface area contributed by atoms with E-state index in [4.69, 9.17) is 17.0 Å². The Balaban J connectivity index is 1.73. The molecule has 0 aliphatic carbocycles. The van der Waals surface area contributed by atoms with Crippen LogP contribution in [0.25, 0.3) is 11.7 Å². The monoisotopic (exact) mass is 446 g/mol. The topological polar surface area (TPSA) is 96.2 Å². The standard InChI is InChI=1S/C20H22N4O4S2/c1-12-4-2-7-23-17(12)22-16(21-6-8-25)14(18(23)26)10-15-19(27)24(20(29)30-15)11-13-5-3-9-28-13/h2,4,7,10,13,21,25H,3,5-6,8-9,11H2,1H3/b15-10-/t13-/m1/s1. The third-order valence-electron chi connectivity index (χ3n) is 5.05. The number of anilines is 1. The Morgan fingerprint density at radius 3 is 3.03 bits per heavy atom. The SMILES string of the molecule is Cc1cccn2c(=O)c(/C=C3\SC(=S)N(C[C@H]4CCCO4)C3=O)c(NCCO)nc12. The summed E-state index contributed by atoms with van der Waals surface area (Å²) in [6.45, 7) is 3.11. The van der Waals surface area contributed by atoms with Gasteiger partial charge in [-0.2, -0.15) is 0 Å². The minimum Gasteiger partial charge on any atom is -0.395 e. The fourth-order valence-electron chi connectivity index (χ4n) is 3.53. The average Bonchev–Trinajstić information content (AvgIpc) is 3.33. The van der Waals surface area contributed by atoms with Gasteiger partial charge in [0.1, 0.15) is 15.8 Å². The molecule has 0 spiro atoms. The minimum atomic E-state index is -0.298. The third-order valence-corrected chi connectivity index (χ3v) is 6.43. The van der Waals surface area contributed by atoms with Gasteiger partial charge in [-0.1, -0.05) is 30.0 Å². The second kappa shape index (κ2) is 8.84. The lowest BCUT2D eigenvalue weighted by molar-refractivity contribution is -0.123. The number of nitrogens with one attached hydrogen (secondary N) is 1. The van der Waals surface area contributed by atoms with Crippen LogP contribution >= 0.6 is 24.0 Å². The fraction of sp³-hybridized carbons (Fsp3) is 0.400. The Hall–Kier alpha value is -2.27. The first-order valence-corrected chi connectivity index (χ1v) is 11.0. The largest absolute Gasteiger partial charge is 0.395 e. The number of thioether (sulfide) groups is 1. The van der Waals surface area contributed by atoms with Crippen LogP contribution in [0.1, 0.15) is 24.0 Å². The summed E-state index contributed by atoms with van der Waals surface area (Å²) in [5.74, 6) is 0.0927. The highest BCUT2D eigenvalue weighted by Crippen LogP contribution is 2.34. The van der Waals surface area contributed by atoms with Crippen molar-refractivity contribution in [3.8, 4) is 0 Å². The van der Waals surface area contributed by atoms with Gasteiger partial charge in [0, 0.05) is 19.3 Å². The summed E-state index contributed by atoms with van der Waals surface area (Å²) in [5, 5.41) is 12.2. The van der Waals surface area contributed by atoms with E-state index in [9.17, 15) is 14.7 Å². The number of rotatable bonds is 6. The normalized spacial score (nSPS) is 20.7. The van der Waals surface area contributed by atoms with E-state index in [1.807, 2.05) is 13.0 Å². The van der Waals surface area contributed by atoms with Crippen LogP contribution in [0, 0.1) is 6.92 Å². The molecule has 2 N–H and O–H groups in total. The number of amides is 1. The third kappa shape index (κ3) is 4.00. The highest BCUT2D eigenvalue weighted by molar-refractivity contribution is 8.26. The predicted molar refractivity (Wildman–Crippen MR) is 121 cm³/mol. The van der Waals surface area contributed by atoms with Crippen molar-refractivity contribution in [3.05, 3.63) is 44.7 Å². The first-order chi connectivity index (χ1) is 14.5. The van der Waals surface area contributed by atoms with Crippen molar-refractivity contribution in [2.75, 3.05) is 31.6 Å². The molecule has 10 heteroatoms. The molecular weight excluding hydrogens is 424 g/mol. The van der Waals surface area contributed by atoms with Gasteiger partial charge in [0.15, 0.2) is 0 Å². The van der Waals surface area contributed by atoms with Crippen molar-refractivity contribution in [1.82, 2.24) is 14.3 Å². The molecule has 0 radical (unpaired) electrons. The molecule has 0 saturated carbocycles. The Labute approximate surface area is 182 Å². The maximum atomic E-state index is 13.2. The van der Waals surface area contributed by atoms with Crippen LogP contribution in [0.2, 0.25) is 0 Å². The van der Waals surface area contributed by atoms with E-state index in [2.05, 4.69) is 10.3 Å². The molecule has 1 atom stereocenters. The molecule has 30 heavy (non-hydrogen) atoms. The van der Waals surface area contributed by atoms with Gasteiger partial charge in [0.2, 0.25) is 0 Å². The summed E-state index contributed by atoms with van der Waals surface area (Å²) in [4.78, 5) is 32.6. The van der Waals surface area contributed by atoms with Crippen LogP contribution in [-0.2, 0) is 9.53 Å². The van der Waals surface area contributed by atoms with Gasteiger partial charge in [-0.15, -0.1) is 0 Å². The Morgan fingerprint density at radius 1 is 1.47 bits per heavy atom. The number of carbonyl (C=O) groups excluding carboxylic acids is 1. The number of nitrogens with zero attached hydrogens (tertiary/aromatic N) is 3. The Morgan fingerprint density at radius 2 is 2.30 bits per heavy atom. The number of hydrogen-bond donors (Lipinski definition) is 2. The van der Waals surface area contributed by atoms with Gasteiger partial charge in [0.25, 0.3) is 11.5 Å². The lowest BCUT2D eigenvalue weighted by atomic mass is 10.2. The van der Waals surface area contributed by atoms with E-state index in [1.165, 1.54) is 16.2 Å². The smallest absolute Gasteiger partial charge is 0.267 e.